The van der Waals surface area contributed by atoms with Crippen molar-refractivity contribution in [2.45, 2.75) is 25.3 Å². The maximum absolute atomic E-state index is 6.16. The van der Waals surface area contributed by atoms with Crippen molar-refractivity contribution in [2.24, 2.45) is 5.73 Å². The topological polar surface area (TPSA) is 29.3 Å². The van der Waals surface area contributed by atoms with Crippen LogP contribution in [0.15, 0.2) is 43.0 Å². The van der Waals surface area contributed by atoms with E-state index in [1.54, 1.807) is 0 Å². The van der Waals surface area contributed by atoms with Crippen LogP contribution in [0.1, 0.15) is 30.9 Å². The summed E-state index contributed by atoms with van der Waals surface area (Å²) in [5.41, 5.74) is 7.38. The molecule has 0 radical (unpaired) electrons. The molecule has 0 aliphatic carbocycles. The number of unbranched alkanes of at least 4 members (excludes halogenated alkanes) is 1. The Morgan fingerprint density at radius 3 is 2.65 bits per heavy atom. The molecule has 1 atom stereocenters. The number of benzene rings is 1. The van der Waals surface area contributed by atoms with Crippen LogP contribution >= 0.6 is 0 Å². The Morgan fingerprint density at radius 2 is 2.00 bits per heavy atom. The monoisotopic (exact) mass is 232 g/mol. The molecule has 0 aliphatic heterocycles. The van der Waals surface area contributed by atoms with Gasteiger partial charge in [-0.25, -0.2) is 0 Å². The first-order chi connectivity index (χ1) is 8.24. The van der Waals surface area contributed by atoms with Crippen molar-refractivity contribution < 1.29 is 0 Å². The van der Waals surface area contributed by atoms with Crippen molar-refractivity contribution in [3.05, 3.63) is 48.6 Å². The molecule has 0 saturated heterocycles. The molecule has 17 heavy (non-hydrogen) atoms. The zero-order valence-corrected chi connectivity index (χ0v) is 10.8. The fraction of sp³-hybridized carbons (Fsp3) is 0.467. The smallest absolute Gasteiger partial charge is 0.0307 e. The highest BCUT2D eigenvalue weighted by atomic mass is 15.1. The minimum Gasteiger partial charge on any atom is -0.324 e. The minimum atomic E-state index is 0.151. The summed E-state index contributed by atoms with van der Waals surface area (Å²) in [5, 5.41) is 0. The number of hydrogen-bond donors (Lipinski definition) is 1. The van der Waals surface area contributed by atoms with Gasteiger partial charge in [0, 0.05) is 6.04 Å². The molecule has 0 fully saturated rings. The Bertz CT molecular complexity index is 308. The van der Waals surface area contributed by atoms with Crippen LogP contribution in [0.2, 0.25) is 0 Å². The van der Waals surface area contributed by atoms with Crippen LogP contribution in [-0.2, 0) is 0 Å². The van der Waals surface area contributed by atoms with E-state index in [0.717, 1.165) is 25.9 Å². The van der Waals surface area contributed by atoms with E-state index in [9.17, 15) is 0 Å². The summed E-state index contributed by atoms with van der Waals surface area (Å²) in [7, 11) is 2.15. The summed E-state index contributed by atoms with van der Waals surface area (Å²) in [5.74, 6) is 0. The molecule has 0 aliphatic rings. The van der Waals surface area contributed by atoms with Crippen LogP contribution in [0.25, 0.3) is 0 Å². The molecular weight excluding hydrogens is 208 g/mol. The van der Waals surface area contributed by atoms with Gasteiger partial charge in [-0.3, -0.25) is 0 Å². The molecule has 0 spiro atoms. The molecule has 0 heterocycles. The number of rotatable bonds is 8. The lowest BCUT2D eigenvalue weighted by atomic mass is 10.0. The highest BCUT2D eigenvalue weighted by Crippen LogP contribution is 2.13. The largest absolute Gasteiger partial charge is 0.324 e. The maximum Gasteiger partial charge on any atom is 0.0307 e. The molecular formula is C15H24N2. The van der Waals surface area contributed by atoms with E-state index in [-0.39, 0.29) is 6.04 Å². The van der Waals surface area contributed by atoms with Gasteiger partial charge in [0.15, 0.2) is 0 Å². The Labute approximate surface area is 105 Å². The zero-order valence-electron chi connectivity index (χ0n) is 10.8. The highest BCUT2D eigenvalue weighted by Gasteiger charge is 2.06. The molecule has 1 rings (SSSR count). The Morgan fingerprint density at radius 1 is 1.29 bits per heavy atom. The molecule has 0 saturated carbocycles. The number of hydrogen-bond acceptors (Lipinski definition) is 2. The van der Waals surface area contributed by atoms with Crippen LogP contribution < -0.4 is 5.73 Å². The van der Waals surface area contributed by atoms with Gasteiger partial charge in [0.05, 0.1) is 0 Å². The first-order valence-corrected chi connectivity index (χ1v) is 6.34. The predicted molar refractivity (Wildman–Crippen MR) is 74.9 cm³/mol. The average Bonchev–Trinajstić information content (AvgIpc) is 2.37. The van der Waals surface area contributed by atoms with Gasteiger partial charge in [0.25, 0.3) is 0 Å². The third-order valence-corrected chi connectivity index (χ3v) is 3.00. The van der Waals surface area contributed by atoms with Gasteiger partial charge >= 0.3 is 0 Å². The van der Waals surface area contributed by atoms with Gasteiger partial charge in [0.1, 0.15) is 0 Å². The molecule has 1 aromatic carbocycles. The van der Waals surface area contributed by atoms with E-state index in [2.05, 4.69) is 30.7 Å². The molecule has 1 aromatic rings. The predicted octanol–water partition coefficient (Wildman–Crippen LogP) is 2.97. The lowest BCUT2D eigenvalue weighted by Gasteiger charge is -2.19. The van der Waals surface area contributed by atoms with Crippen LogP contribution in [-0.4, -0.2) is 25.0 Å². The summed E-state index contributed by atoms with van der Waals surface area (Å²) < 4.78 is 0. The second-order valence-electron chi connectivity index (χ2n) is 4.54. The van der Waals surface area contributed by atoms with Crippen LogP contribution in [0.3, 0.4) is 0 Å². The third kappa shape index (κ3) is 5.66. The average molecular weight is 232 g/mol. The number of nitrogens with zero attached hydrogens (tertiary/aromatic N) is 1. The molecule has 94 valence electrons. The van der Waals surface area contributed by atoms with E-state index in [0.29, 0.717) is 0 Å². The normalized spacial score (nSPS) is 12.6. The Balaban J connectivity index is 2.23. The van der Waals surface area contributed by atoms with Gasteiger partial charge in [-0.15, -0.1) is 6.58 Å². The summed E-state index contributed by atoms with van der Waals surface area (Å²) in [6.45, 7) is 5.90. The number of allylic oxidation sites excluding steroid dienone is 1. The first-order valence-electron chi connectivity index (χ1n) is 6.34. The number of nitrogens with two attached hydrogens (primary N) is 1. The van der Waals surface area contributed by atoms with E-state index in [1.807, 2.05) is 24.3 Å². The van der Waals surface area contributed by atoms with E-state index < -0.39 is 0 Å². The fourth-order valence-electron chi connectivity index (χ4n) is 1.84. The quantitative estimate of drug-likeness (QED) is 0.551. The van der Waals surface area contributed by atoms with E-state index >= 15 is 0 Å². The van der Waals surface area contributed by atoms with Crippen molar-refractivity contribution in [1.29, 1.82) is 0 Å². The zero-order chi connectivity index (χ0) is 12.5. The second kappa shape index (κ2) is 8.04. The maximum atomic E-state index is 6.16. The van der Waals surface area contributed by atoms with Crippen molar-refractivity contribution in [3.8, 4) is 0 Å². The van der Waals surface area contributed by atoms with Crippen molar-refractivity contribution in [3.63, 3.8) is 0 Å². The lowest BCUT2D eigenvalue weighted by Crippen LogP contribution is -2.24. The molecule has 1 unspecified atom stereocenters. The van der Waals surface area contributed by atoms with Crippen molar-refractivity contribution >= 4 is 0 Å². The third-order valence-electron chi connectivity index (χ3n) is 3.00. The van der Waals surface area contributed by atoms with Crippen LogP contribution in [0, 0.1) is 0 Å². The lowest BCUT2D eigenvalue weighted by molar-refractivity contribution is 0.315. The van der Waals surface area contributed by atoms with Gasteiger partial charge < -0.3 is 10.6 Å². The van der Waals surface area contributed by atoms with Gasteiger partial charge in [-0.2, -0.15) is 0 Å². The minimum absolute atomic E-state index is 0.151. The Hall–Kier alpha value is -1.12. The van der Waals surface area contributed by atoms with Gasteiger partial charge in [-0.1, -0.05) is 36.4 Å². The summed E-state index contributed by atoms with van der Waals surface area (Å²) in [4.78, 5) is 2.34. The standard InChI is InChI=1S/C15H24N2/c1-3-4-8-12-17(2)13-11-15(16)14-9-6-5-7-10-14/h3,5-7,9-10,15H,1,4,8,11-13,16H2,2H3. The van der Waals surface area contributed by atoms with E-state index in [4.69, 9.17) is 5.73 Å². The first kappa shape index (κ1) is 13.9. The molecule has 2 heteroatoms. The molecule has 0 bridgehead atoms. The molecule has 2 nitrogen and oxygen atoms in total. The second-order valence-corrected chi connectivity index (χ2v) is 4.54. The van der Waals surface area contributed by atoms with Crippen molar-refractivity contribution in [1.82, 2.24) is 4.90 Å². The molecule has 2 N–H and O–H groups in total. The van der Waals surface area contributed by atoms with Crippen LogP contribution in [0.4, 0.5) is 0 Å². The summed E-state index contributed by atoms with van der Waals surface area (Å²) in [6.07, 6.45) is 5.26. The Kier molecular flexibility index (Phi) is 6.60. The van der Waals surface area contributed by atoms with Gasteiger partial charge in [-0.05, 0) is 45.0 Å². The summed E-state index contributed by atoms with van der Waals surface area (Å²) >= 11 is 0. The van der Waals surface area contributed by atoms with Crippen molar-refractivity contribution in [2.75, 3.05) is 20.1 Å². The highest BCUT2D eigenvalue weighted by molar-refractivity contribution is 5.18. The van der Waals surface area contributed by atoms with Gasteiger partial charge in [0.2, 0.25) is 0 Å². The summed E-state index contributed by atoms with van der Waals surface area (Å²) in [6, 6.07) is 10.5. The fourth-order valence-corrected chi connectivity index (χ4v) is 1.84. The SMILES string of the molecule is C=CCCCN(C)CCC(N)c1ccccc1. The molecule has 0 amide bonds. The molecule has 0 aromatic heterocycles. The van der Waals surface area contributed by atoms with Crippen LogP contribution in [0.5, 0.6) is 0 Å². The van der Waals surface area contributed by atoms with E-state index in [1.165, 1.54) is 12.0 Å².